The van der Waals surface area contributed by atoms with Crippen molar-refractivity contribution in [2.45, 2.75) is 38.4 Å². The summed E-state index contributed by atoms with van der Waals surface area (Å²) in [4.78, 5) is 4.22. The van der Waals surface area contributed by atoms with Gasteiger partial charge in [-0.1, -0.05) is 6.07 Å². The van der Waals surface area contributed by atoms with Crippen LogP contribution in [0, 0.1) is 0 Å². The van der Waals surface area contributed by atoms with Gasteiger partial charge in [0.05, 0.1) is 0 Å². The Morgan fingerprint density at radius 2 is 2.05 bits per heavy atom. The summed E-state index contributed by atoms with van der Waals surface area (Å²) >= 11 is 1.93. The minimum Gasteiger partial charge on any atom is -0.399 e. The molecule has 2 aromatic rings. The summed E-state index contributed by atoms with van der Waals surface area (Å²) in [6, 6.07) is 9.32. The van der Waals surface area contributed by atoms with Crippen molar-refractivity contribution in [3.05, 3.63) is 51.2 Å². The van der Waals surface area contributed by atoms with Crippen LogP contribution in [0.15, 0.2) is 29.6 Å². The highest BCUT2D eigenvalue weighted by Gasteiger charge is 2.30. The minimum absolute atomic E-state index is 0.614. The van der Waals surface area contributed by atoms with Crippen LogP contribution in [0.4, 0.5) is 5.69 Å². The molecule has 0 bridgehead atoms. The second-order valence-corrected chi connectivity index (χ2v) is 6.64. The molecule has 1 aliphatic heterocycles. The van der Waals surface area contributed by atoms with Crippen LogP contribution in [0.1, 0.15) is 40.5 Å². The van der Waals surface area contributed by atoms with Crippen LogP contribution in [-0.2, 0) is 19.5 Å². The van der Waals surface area contributed by atoms with E-state index in [4.69, 9.17) is 5.73 Å². The molecule has 3 heteroatoms. The van der Waals surface area contributed by atoms with Gasteiger partial charge in [-0.25, -0.2) is 0 Å². The van der Waals surface area contributed by atoms with Crippen LogP contribution in [0.3, 0.4) is 0 Å². The number of nitrogens with zero attached hydrogens (tertiary/aromatic N) is 1. The lowest BCUT2D eigenvalue weighted by Crippen LogP contribution is -2.25. The minimum atomic E-state index is 0.614. The van der Waals surface area contributed by atoms with E-state index in [0.717, 1.165) is 18.8 Å². The largest absolute Gasteiger partial charge is 0.399 e. The molecule has 2 aliphatic rings. The zero-order valence-electron chi connectivity index (χ0n) is 10.9. The fourth-order valence-corrected chi connectivity index (χ4v) is 4.48. The summed E-state index contributed by atoms with van der Waals surface area (Å²) in [6.45, 7) is 2.13. The molecule has 98 valence electrons. The number of thiophene rings is 1. The van der Waals surface area contributed by atoms with Crippen molar-refractivity contribution >= 4 is 17.0 Å². The van der Waals surface area contributed by atoms with Gasteiger partial charge in [-0.3, -0.25) is 4.90 Å². The molecule has 0 fully saturated rings. The monoisotopic (exact) mass is 270 g/mol. The van der Waals surface area contributed by atoms with Gasteiger partial charge in [0, 0.05) is 29.7 Å². The molecule has 1 aromatic heterocycles. The lowest BCUT2D eigenvalue weighted by atomic mass is 9.93. The number of nitrogen functional groups attached to an aromatic ring is 1. The van der Waals surface area contributed by atoms with E-state index in [0.29, 0.717) is 6.04 Å². The van der Waals surface area contributed by atoms with E-state index < -0.39 is 0 Å². The van der Waals surface area contributed by atoms with Gasteiger partial charge in [-0.05, 0) is 59.5 Å². The summed E-state index contributed by atoms with van der Waals surface area (Å²) in [5.41, 5.74) is 11.2. The number of hydrogen-bond donors (Lipinski definition) is 1. The van der Waals surface area contributed by atoms with Gasteiger partial charge < -0.3 is 5.73 Å². The van der Waals surface area contributed by atoms with E-state index in [-0.39, 0.29) is 0 Å². The van der Waals surface area contributed by atoms with Crippen molar-refractivity contribution in [2.24, 2.45) is 0 Å². The van der Waals surface area contributed by atoms with Gasteiger partial charge in [0.1, 0.15) is 0 Å². The van der Waals surface area contributed by atoms with Gasteiger partial charge in [0.15, 0.2) is 0 Å². The van der Waals surface area contributed by atoms with Crippen LogP contribution in [0.5, 0.6) is 0 Å². The van der Waals surface area contributed by atoms with Crippen LogP contribution in [0.2, 0.25) is 0 Å². The van der Waals surface area contributed by atoms with Crippen molar-refractivity contribution in [1.29, 1.82) is 0 Å². The Hall–Kier alpha value is -1.32. The normalized spacial score (nSPS) is 22.2. The standard InChI is InChI=1S/C16H18N2S/c17-13-5-4-11-9-18(10-12(11)8-13)15-2-1-3-16-14(15)6-7-19-16/h4-8,15H,1-3,9-10,17H2. The highest BCUT2D eigenvalue weighted by molar-refractivity contribution is 7.10. The highest BCUT2D eigenvalue weighted by Crippen LogP contribution is 2.40. The molecule has 0 saturated carbocycles. The molecule has 0 saturated heterocycles. The summed E-state index contributed by atoms with van der Waals surface area (Å²) in [5, 5.41) is 2.25. The predicted octanol–water partition coefficient (Wildman–Crippen LogP) is 3.72. The first-order chi connectivity index (χ1) is 9.31. The smallest absolute Gasteiger partial charge is 0.0366 e. The Bertz CT molecular complexity index is 617. The number of nitrogens with two attached hydrogens (primary N) is 1. The molecule has 4 rings (SSSR count). The number of hydrogen-bond acceptors (Lipinski definition) is 3. The topological polar surface area (TPSA) is 29.3 Å². The SMILES string of the molecule is Nc1ccc2c(c1)CN(C1CCCc3sccc31)C2. The fourth-order valence-electron chi connectivity index (χ4n) is 3.50. The van der Waals surface area contributed by atoms with Crippen molar-refractivity contribution in [1.82, 2.24) is 4.90 Å². The fraction of sp³-hybridized carbons (Fsp3) is 0.375. The molecule has 1 aliphatic carbocycles. The van der Waals surface area contributed by atoms with Crippen LogP contribution in [0.25, 0.3) is 0 Å². The number of fused-ring (bicyclic) bond motifs is 2. The third kappa shape index (κ3) is 1.88. The number of benzene rings is 1. The van der Waals surface area contributed by atoms with Gasteiger partial charge >= 0.3 is 0 Å². The van der Waals surface area contributed by atoms with Crippen LogP contribution in [-0.4, -0.2) is 4.90 Å². The molecule has 19 heavy (non-hydrogen) atoms. The molecule has 0 radical (unpaired) electrons. The molecule has 1 unspecified atom stereocenters. The van der Waals surface area contributed by atoms with Gasteiger partial charge in [0.2, 0.25) is 0 Å². The Morgan fingerprint density at radius 1 is 1.16 bits per heavy atom. The average molecular weight is 270 g/mol. The lowest BCUT2D eigenvalue weighted by Gasteiger charge is -2.31. The molecular formula is C16H18N2S. The van der Waals surface area contributed by atoms with Gasteiger partial charge in [-0.15, -0.1) is 11.3 Å². The molecule has 2 N–H and O–H groups in total. The zero-order chi connectivity index (χ0) is 12.8. The number of rotatable bonds is 1. The maximum absolute atomic E-state index is 5.90. The van der Waals surface area contributed by atoms with E-state index in [1.54, 1.807) is 10.4 Å². The molecule has 0 amide bonds. The Labute approximate surface area is 117 Å². The van der Waals surface area contributed by atoms with Crippen molar-refractivity contribution in [3.8, 4) is 0 Å². The second kappa shape index (κ2) is 4.36. The van der Waals surface area contributed by atoms with E-state index in [9.17, 15) is 0 Å². The third-order valence-electron chi connectivity index (χ3n) is 4.44. The van der Waals surface area contributed by atoms with E-state index in [1.165, 1.54) is 30.4 Å². The third-order valence-corrected chi connectivity index (χ3v) is 5.43. The van der Waals surface area contributed by atoms with Crippen molar-refractivity contribution < 1.29 is 0 Å². The predicted molar refractivity (Wildman–Crippen MR) is 80.1 cm³/mol. The quantitative estimate of drug-likeness (QED) is 0.800. The Kier molecular flexibility index (Phi) is 2.64. The highest BCUT2D eigenvalue weighted by atomic mass is 32.1. The number of aryl methyl sites for hydroxylation is 1. The first-order valence-corrected chi connectivity index (χ1v) is 7.87. The Balaban J connectivity index is 1.64. The summed E-state index contributed by atoms with van der Waals surface area (Å²) in [7, 11) is 0. The van der Waals surface area contributed by atoms with Crippen molar-refractivity contribution in [2.75, 3.05) is 5.73 Å². The Morgan fingerprint density at radius 3 is 3.00 bits per heavy atom. The van der Waals surface area contributed by atoms with Gasteiger partial charge in [-0.2, -0.15) is 0 Å². The maximum atomic E-state index is 5.90. The number of anilines is 1. The van der Waals surface area contributed by atoms with Crippen LogP contribution < -0.4 is 5.73 Å². The molecule has 2 heterocycles. The lowest BCUT2D eigenvalue weighted by molar-refractivity contribution is 0.181. The molecule has 1 aromatic carbocycles. The second-order valence-electron chi connectivity index (χ2n) is 5.64. The average Bonchev–Trinajstić information content (AvgIpc) is 3.03. The summed E-state index contributed by atoms with van der Waals surface area (Å²) in [6.07, 6.45) is 3.90. The summed E-state index contributed by atoms with van der Waals surface area (Å²) < 4.78 is 0. The molecule has 1 atom stereocenters. The first kappa shape index (κ1) is 11.5. The maximum Gasteiger partial charge on any atom is 0.0366 e. The zero-order valence-corrected chi connectivity index (χ0v) is 11.7. The van der Waals surface area contributed by atoms with Crippen molar-refractivity contribution in [3.63, 3.8) is 0 Å². The summed E-state index contributed by atoms with van der Waals surface area (Å²) in [5.74, 6) is 0. The van der Waals surface area contributed by atoms with Gasteiger partial charge in [0.25, 0.3) is 0 Å². The van der Waals surface area contributed by atoms with Crippen LogP contribution >= 0.6 is 11.3 Å². The molecule has 2 nitrogen and oxygen atoms in total. The molecular weight excluding hydrogens is 252 g/mol. The first-order valence-electron chi connectivity index (χ1n) is 6.99. The van der Waals surface area contributed by atoms with E-state index >= 15 is 0 Å². The molecule has 0 spiro atoms. The van der Waals surface area contributed by atoms with E-state index in [2.05, 4.69) is 28.5 Å². The van der Waals surface area contributed by atoms with E-state index in [1.807, 2.05) is 17.4 Å².